The lowest BCUT2D eigenvalue weighted by atomic mass is 9.84. The predicted molar refractivity (Wildman–Crippen MR) is 486 cm³/mol. The molecule has 17 atom stereocenters. The number of rotatable bonds is 29. The van der Waals surface area contributed by atoms with Crippen molar-refractivity contribution < 1.29 is 99.8 Å². The average molecular weight is 1880 g/mol. The summed E-state index contributed by atoms with van der Waals surface area (Å²) < 4.78 is 57.0. The number of carbonyl (C=O) groups is 12. The van der Waals surface area contributed by atoms with Gasteiger partial charge in [0, 0.05) is 91.9 Å². The monoisotopic (exact) mass is 1870 g/mol. The lowest BCUT2D eigenvalue weighted by Gasteiger charge is -2.36. The van der Waals surface area contributed by atoms with Crippen LogP contribution in [0.25, 0.3) is 10.9 Å². The zero-order chi connectivity index (χ0) is 92.9. The van der Waals surface area contributed by atoms with Gasteiger partial charge in [-0.25, -0.2) is 22.7 Å². The number of halogens is 1. The number of epoxide rings is 1. The molecule has 1 aromatic heterocycles. The first-order valence-electron chi connectivity index (χ1n) is 41.4. The number of esters is 1. The van der Waals surface area contributed by atoms with Crippen LogP contribution in [0.1, 0.15) is 109 Å². The number of likely N-dealkylation sites (N-methyl/N-ethyl adjacent to an activating group) is 1. The number of nitrogens with one attached hydrogen (secondary N) is 10. The van der Waals surface area contributed by atoms with Crippen molar-refractivity contribution in [2.45, 2.75) is 214 Å². The fraction of sp³-hybridized carbons (Fsp3) is 0.512. The van der Waals surface area contributed by atoms with Crippen molar-refractivity contribution >= 4 is 153 Å². The van der Waals surface area contributed by atoms with E-state index in [1.807, 2.05) is 32.1 Å². The number of alkyl carbamates (subject to hydrolysis) is 1. The molecule has 16 N–H and O–H groups in total. The number of anilines is 1. The third kappa shape index (κ3) is 28.2. The number of ether oxygens (including phenoxy) is 5. The van der Waals surface area contributed by atoms with E-state index in [4.69, 9.17) is 46.8 Å². The van der Waals surface area contributed by atoms with Crippen molar-refractivity contribution in [1.82, 2.24) is 57.1 Å². The van der Waals surface area contributed by atoms with Crippen LogP contribution < -0.4 is 68.4 Å². The number of nitrogens with zero attached hydrogens (tertiary/aromatic N) is 2. The molecule has 3 saturated heterocycles. The maximum Gasteiger partial charge on any atom is 0.407 e. The maximum absolute atomic E-state index is 15.2. The van der Waals surface area contributed by atoms with Crippen molar-refractivity contribution in [1.29, 1.82) is 0 Å². The highest BCUT2D eigenvalue weighted by molar-refractivity contribution is 8.77. The molecule has 0 saturated carbocycles. The van der Waals surface area contributed by atoms with E-state index in [1.165, 1.54) is 76.2 Å². The highest BCUT2D eigenvalue weighted by atomic mass is 35.5. The van der Waals surface area contributed by atoms with E-state index in [0.29, 0.717) is 58.3 Å². The summed E-state index contributed by atoms with van der Waals surface area (Å²) in [5.74, 6) is -11.2. The number of methoxy groups -OCH3 is 2. The van der Waals surface area contributed by atoms with Crippen LogP contribution in [0.5, 0.6) is 11.5 Å². The number of allylic oxidation sites excluding steroid dienone is 3. The van der Waals surface area contributed by atoms with Crippen LogP contribution in [0.3, 0.4) is 0 Å². The van der Waals surface area contributed by atoms with Crippen LogP contribution in [-0.4, -0.2) is 259 Å². The van der Waals surface area contributed by atoms with E-state index in [0.717, 1.165) is 60.6 Å². The molecule has 2 unspecified atom stereocenters. The van der Waals surface area contributed by atoms with Crippen molar-refractivity contribution in [3.63, 3.8) is 0 Å². The Morgan fingerprint density at radius 1 is 0.850 bits per heavy atom. The number of carbonyl (C=O) groups excluding carboxylic acids is 12. The molecule has 0 radical (unpaired) electrons. The van der Waals surface area contributed by atoms with E-state index in [1.54, 1.807) is 93.7 Å². The number of aromatic nitrogens is 1. The van der Waals surface area contributed by atoms with Crippen molar-refractivity contribution in [3.8, 4) is 11.5 Å². The number of unbranched alkanes of at least 4 members (excludes halogenated alkanes) is 1. The number of hydrogen-bond acceptors (Lipinski definition) is 26. The summed E-state index contributed by atoms with van der Waals surface area (Å²) in [6.45, 7) is 11.4. The maximum atomic E-state index is 15.2. The van der Waals surface area contributed by atoms with Crippen molar-refractivity contribution in [2.75, 3.05) is 63.3 Å². The minimum absolute atomic E-state index is 0.0388. The molecule has 4 aromatic carbocycles. The Labute approximate surface area is 759 Å². The molecule has 4 aliphatic rings. The number of phenolic OH excluding ortho intramolecular Hbond substituents is 1. The fourth-order valence-electron chi connectivity index (χ4n) is 15.0. The molecule has 41 heteroatoms. The summed E-state index contributed by atoms with van der Waals surface area (Å²) in [6.07, 6.45) is 2.26. The number of phenols is 1. The summed E-state index contributed by atoms with van der Waals surface area (Å²) in [5, 5.41) is 44.1. The van der Waals surface area contributed by atoms with Gasteiger partial charge in [-0.1, -0.05) is 146 Å². The van der Waals surface area contributed by atoms with Gasteiger partial charge in [0.15, 0.2) is 0 Å². The Balaban J connectivity index is 0.948. The predicted octanol–water partition coefficient (Wildman–Crippen LogP) is 4.36. The highest BCUT2D eigenvalue weighted by Gasteiger charge is 2.64. The number of sulfonamides is 1. The Bertz CT molecular complexity index is 4960. The second-order valence-corrected chi connectivity index (χ2v) is 40.5. The summed E-state index contributed by atoms with van der Waals surface area (Å²) >= 11 is 6.92. The lowest BCUT2D eigenvalue weighted by molar-refractivity contribution is -0.162. The Kier molecular flexibility index (Phi) is 36.7. The minimum Gasteiger partial charge on any atom is -0.508 e. The van der Waals surface area contributed by atoms with Crippen LogP contribution >= 0.6 is 54.8 Å². The number of nitrogens with two attached hydrogens (primary N) is 2. The second kappa shape index (κ2) is 46.1. The molecular weight excluding hydrogens is 1760 g/mol. The molecule has 692 valence electrons. The third-order valence-electron chi connectivity index (χ3n) is 22.5. The van der Waals surface area contributed by atoms with Crippen LogP contribution in [0, 0.1) is 5.92 Å². The van der Waals surface area contributed by atoms with Crippen LogP contribution in [0.2, 0.25) is 5.02 Å². The summed E-state index contributed by atoms with van der Waals surface area (Å²) in [5.41, 5.74) is 14.8. The van der Waals surface area contributed by atoms with E-state index in [9.17, 15) is 57.0 Å². The molecule has 5 aromatic rings. The summed E-state index contributed by atoms with van der Waals surface area (Å²) in [4.78, 5) is 181. The van der Waals surface area contributed by atoms with Gasteiger partial charge >= 0.3 is 12.1 Å². The van der Waals surface area contributed by atoms with Crippen LogP contribution in [0.15, 0.2) is 121 Å². The SMILES string of the molecule is COc1cc2cc(c1Cl)N(C)C(=O)C[C@H](OC(=O)[C@H](C)N(C)C(=O)CCSSC(C)(C)[C@H](NC(=O)[C@@H]1CSSC[C@H](NC(=O)[C@@H](Cc3ccccc3)NS(C)(=O)=O)C(=O)N[C@@H](Cc3ccc(O)cc3)C(=O)N[C@H](Cc3c[nH]c4ccccc34)C(=O)N[C@@H](CCCCN)C(=O)N[C@@H]([C@@H](C)O)C(=O)N1)C(N)=O)[C@]1(C)OC1[C@H](C)[C@@H]1CC(NC(=O)O1)[C@H](OC)/C=C/C=C(\C)C2. The van der Waals surface area contributed by atoms with E-state index in [2.05, 4.69) is 52.2 Å². The first-order chi connectivity index (χ1) is 60.1. The van der Waals surface area contributed by atoms with Crippen molar-refractivity contribution in [3.05, 3.63) is 148 Å². The lowest BCUT2D eigenvalue weighted by Crippen LogP contribution is -2.63. The van der Waals surface area contributed by atoms with Crippen LogP contribution in [-0.2, 0) is 107 Å². The Hall–Kier alpha value is -9.62. The quantitative estimate of drug-likeness (QED) is 0.0137. The van der Waals surface area contributed by atoms with Gasteiger partial charge in [-0.3, -0.25) is 47.9 Å². The van der Waals surface area contributed by atoms with Gasteiger partial charge in [0.05, 0.1) is 49.8 Å². The van der Waals surface area contributed by atoms with Crippen LogP contribution in [0.4, 0.5) is 10.5 Å². The molecule has 11 amide bonds. The van der Waals surface area contributed by atoms with Gasteiger partial charge < -0.3 is 103 Å². The molecule has 127 heavy (non-hydrogen) atoms. The molecule has 35 nitrogen and oxygen atoms in total. The number of primary amides is 1. The van der Waals surface area contributed by atoms with Gasteiger partial charge in [-0.05, 0) is 133 Å². The number of amides is 11. The first kappa shape index (κ1) is 101. The number of para-hydroxylation sites is 1. The zero-order valence-electron chi connectivity index (χ0n) is 72.7. The standard InChI is InChI=1S/C86H115ClN14O21S5/c1-46-21-20-27-65(118-10)58-41-66(120-84(115)96-58)47(2)74-86(7,122-74)68(42-70(105)101(9)64-38-52(35-46)39-67(119-11)71(64)87)121-83(114)48(3)100(8)69(104)32-34-123-126-85(5,6)73(75(89)106)98-81(112)63-45-125-124-44-62(94-79(110)61(99-127(12,116)117)37-50-22-14-13-15-23-50)80(111)92-59(36-51-28-30-54(103)31-29-51)77(108)93-60(40-53-43-90-56-25-17-16-24-55(53)56)78(109)91-57(26-18-19-33-88)76(107)97-72(49(4)102)82(113)95-63/h13-17,20-25,27-31,38-39,43,47-49,57-63,65-66,68,72-74,90,99,102-103H,18-19,26,32-37,40-42,44-45,88H2,1-12H3,(H2,89,106)(H,91,109)(H,92,111)(H,93,108)(H,94,110)(H,95,113)(H,96,115)(H,97,107)(H,98,112)/b27-20+,46-21+/t47-,48+,49-,57+,58?,59+,60-,61-,62+,63+,65-,66+,68+,72+,73-,74?,86+/m1/s1. The number of hydrogen-bond donors (Lipinski definition) is 14. The fourth-order valence-corrected chi connectivity index (χ4v) is 21.0. The van der Waals surface area contributed by atoms with Gasteiger partial charge in [-0.15, -0.1) is 0 Å². The van der Waals surface area contributed by atoms with Gasteiger partial charge in [0.2, 0.25) is 69.1 Å². The Morgan fingerprint density at radius 3 is 2.18 bits per heavy atom. The van der Waals surface area contributed by atoms with Gasteiger partial charge in [-0.2, -0.15) is 0 Å². The van der Waals surface area contributed by atoms with E-state index >= 15 is 19.2 Å². The summed E-state index contributed by atoms with van der Waals surface area (Å²) in [6, 6.07) is 10.00. The molecule has 4 bridgehead atoms. The molecule has 9 rings (SSSR count). The van der Waals surface area contributed by atoms with Gasteiger partial charge in [0.25, 0.3) is 0 Å². The number of fused-ring (bicyclic) bond motifs is 6. The number of aromatic hydroxyl groups is 1. The third-order valence-corrected chi connectivity index (χ3v) is 29.3. The van der Waals surface area contributed by atoms with E-state index < -0.39 is 206 Å². The average Bonchev–Trinajstić information content (AvgIpc) is 1.57. The Morgan fingerprint density at radius 2 is 1.51 bits per heavy atom. The topological polar surface area (TPSA) is 511 Å². The van der Waals surface area contributed by atoms with E-state index in [-0.39, 0.29) is 61.6 Å². The molecule has 5 heterocycles. The molecule has 0 spiro atoms. The molecule has 3 fully saturated rings. The number of H-pyrrole nitrogens is 1. The number of benzene rings is 4. The smallest absolute Gasteiger partial charge is 0.407 e. The van der Waals surface area contributed by atoms with Gasteiger partial charge in [0.1, 0.15) is 88.7 Å². The molecule has 0 aliphatic carbocycles. The minimum atomic E-state index is -4.13. The number of aliphatic hydroxyl groups is 1. The summed E-state index contributed by atoms with van der Waals surface area (Å²) in [7, 11) is 5.66. The molecule has 4 aliphatic heterocycles. The number of aromatic amines is 1. The normalized spacial score (nSPS) is 25.6. The highest BCUT2D eigenvalue weighted by Crippen LogP contribution is 2.49. The first-order valence-corrected chi connectivity index (χ1v) is 48.5. The largest absolute Gasteiger partial charge is 0.508 e. The van der Waals surface area contributed by atoms with Crippen molar-refractivity contribution in [2.24, 2.45) is 17.4 Å². The zero-order valence-corrected chi connectivity index (χ0v) is 77.6. The second-order valence-electron chi connectivity index (χ2n) is 32.7. The molecular formula is C86H115ClN14O21S5. The number of aliphatic hydroxyl groups excluding tert-OH is 1.